The summed E-state index contributed by atoms with van der Waals surface area (Å²) in [5, 5.41) is 4.93. The third-order valence-electron chi connectivity index (χ3n) is 5.83. The van der Waals surface area contributed by atoms with Crippen LogP contribution < -0.4 is 34.5 Å². The van der Waals surface area contributed by atoms with Crippen molar-refractivity contribution >= 4 is 41.2 Å². The van der Waals surface area contributed by atoms with Crippen molar-refractivity contribution in [3.63, 3.8) is 0 Å². The molecule has 11 nitrogen and oxygen atoms in total. The minimum Gasteiger partial charge on any atom is -0.495 e. The van der Waals surface area contributed by atoms with E-state index in [9.17, 15) is 19.2 Å². The number of carbonyl (C=O) groups excluding carboxylic acids is 4. The van der Waals surface area contributed by atoms with E-state index in [1.807, 2.05) is 6.92 Å². The number of nitrogens with one attached hydrogen (secondary N) is 2. The number of hydrogen-bond donors (Lipinski definition) is 2. The Balaban J connectivity index is 1.52. The van der Waals surface area contributed by atoms with Gasteiger partial charge in [0.25, 0.3) is 17.7 Å². The van der Waals surface area contributed by atoms with Crippen molar-refractivity contribution in [2.24, 2.45) is 0 Å². The number of methoxy groups -OCH3 is 1. The van der Waals surface area contributed by atoms with E-state index in [1.165, 1.54) is 13.2 Å². The van der Waals surface area contributed by atoms with Crippen LogP contribution in [0.3, 0.4) is 0 Å². The molecule has 0 aliphatic carbocycles. The van der Waals surface area contributed by atoms with Gasteiger partial charge in [0.15, 0.2) is 18.1 Å². The van der Waals surface area contributed by atoms with Crippen molar-refractivity contribution in [2.45, 2.75) is 13.8 Å². The number of carbonyl (C=O) groups is 4. The first-order chi connectivity index (χ1) is 19.8. The third kappa shape index (κ3) is 6.82. The standard InChI is InChI=1S/C30H29N3O8/c1-4-39-21-13-11-20(12-14-21)33-29(36)22(28(35)32-30(33)37)16-19-10-15-25(26(17-19)40-5-2)41-18-27(34)31-23-8-6-7-9-24(23)38-3/h6-17H,4-5,18H2,1-3H3,(H,31,34)(H,32,35,37)/b22-16+. The van der Waals surface area contributed by atoms with Gasteiger partial charge in [-0.1, -0.05) is 18.2 Å². The number of hydrogen-bond acceptors (Lipinski definition) is 8. The highest BCUT2D eigenvalue weighted by Crippen LogP contribution is 2.31. The number of nitrogens with zero attached hydrogens (tertiary/aromatic N) is 1. The Morgan fingerprint density at radius 1 is 0.878 bits per heavy atom. The van der Waals surface area contributed by atoms with E-state index in [4.69, 9.17) is 18.9 Å². The largest absolute Gasteiger partial charge is 0.495 e. The second kappa shape index (κ2) is 13.2. The van der Waals surface area contributed by atoms with Crippen molar-refractivity contribution in [1.82, 2.24) is 5.32 Å². The van der Waals surface area contributed by atoms with Crippen LogP contribution in [-0.4, -0.2) is 50.7 Å². The molecule has 1 aliphatic rings. The number of anilines is 2. The Kier molecular flexibility index (Phi) is 9.20. The molecule has 212 valence electrons. The quantitative estimate of drug-likeness (QED) is 0.264. The Morgan fingerprint density at radius 3 is 2.32 bits per heavy atom. The zero-order valence-electron chi connectivity index (χ0n) is 22.8. The fourth-order valence-electron chi connectivity index (χ4n) is 4.00. The normalized spacial score (nSPS) is 14.0. The number of barbiturate groups is 1. The van der Waals surface area contributed by atoms with Crippen LogP contribution in [0.4, 0.5) is 16.2 Å². The van der Waals surface area contributed by atoms with Crippen LogP contribution in [-0.2, 0) is 14.4 Å². The molecule has 2 N–H and O–H groups in total. The van der Waals surface area contributed by atoms with Gasteiger partial charge in [-0.25, -0.2) is 9.69 Å². The predicted octanol–water partition coefficient (Wildman–Crippen LogP) is 4.18. The second-order valence-corrected chi connectivity index (χ2v) is 8.56. The molecule has 3 aromatic rings. The molecule has 0 atom stereocenters. The lowest BCUT2D eigenvalue weighted by Gasteiger charge is -2.26. The van der Waals surface area contributed by atoms with Crippen LogP contribution in [0.25, 0.3) is 6.08 Å². The van der Waals surface area contributed by atoms with E-state index >= 15 is 0 Å². The number of amides is 5. The first-order valence-electron chi connectivity index (χ1n) is 12.8. The number of imide groups is 2. The lowest BCUT2D eigenvalue weighted by Crippen LogP contribution is -2.54. The van der Waals surface area contributed by atoms with Gasteiger partial charge in [-0.15, -0.1) is 0 Å². The highest BCUT2D eigenvalue weighted by molar-refractivity contribution is 6.39. The van der Waals surface area contributed by atoms with Gasteiger partial charge in [0.1, 0.15) is 17.1 Å². The summed E-state index contributed by atoms with van der Waals surface area (Å²) in [4.78, 5) is 51.7. The molecule has 0 radical (unpaired) electrons. The van der Waals surface area contributed by atoms with Crippen LogP contribution in [0.1, 0.15) is 19.4 Å². The zero-order chi connectivity index (χ0) is 29.4. The van der Waals surface area contributed by atoms with Crippen LogP contribution >= 0.6 is 0 Å². The topological polar surface area (TPSA) is 132 Å². The first-order valence-corrected chi connectivity index (χ1v) is 12.8. The van der Waals surface area contributed by atoms with Crippen molar-refractivity contribution < 1.29 is 38.1 Å². The summed E-state index contributed by atoms with van der Waals surface area (Å²) in [6.45, 7) is 4.07. The molecule has 1 fully saturated rings. The molecule has 1 aliphatic heterocycles. The minimum absolute atomic E-state index is 0.245. The molecule has 11 heteroatoms. The Hall–Kier alpha value is -5.32. The monoisotopic (exact) mass is 559 g/mol. The van der Waals surface area contributed by atoms with Crippen molar-refractivity contribution in [3.8, 4) is 23.0 Å². The summed E-state index contributed by atoms with van der Waals surface area (Å²) in [6, 6.07) is 17.2. The third-order valence-corrected chi connectivity index (χ3v) is 5.83. The molecule has 1 heterocycles. The molecular formula is C30H29N3O8. The van der Waals surface area contributed by atoms with Gasteiger partial charge in [-0.2, -0.15) is 0 Å². The van der Waals surface area contributed by atoms with Gasteiger partial charge >= 0.3 is 6.03 Å². The van der Waals surface area contributed by atoms with Gasteiger partial charge in [0, 0.05) is 0 Å². The van der Waals surface area contributed by atoms with Gasteiger partial charge in [0.05, 0.1) is 31.7 Å². The molecule has 0 unspecified atom stereocenters. The van der Waals surface area contributed by atoms with Crippen molar-refractivity contribution in [3.05, 3.63) is 77.9 Å². The minimum atomic E-state index is -0.855. The van der Waals surface area contributed by atoms with Crippen LogP contribution in [0.15, 0.2) is 72.3 Å². The fraction of sp³-hybridized carbons (Fsp3) is 0.200. The van der Waals surface area contributed by atoms with Gasteiger partial charge in [-0.3, -0.25) is 19.7 Å². The average Bonchev–Trinajstić information content (AvgIpc) is 2.96. The second-order valence-electron chi connectivity index (χ2n) is 8.56. The lowest BCUT2D eigenvalue weighted by molar-refractivity contribution is -0.122. The van der Waals surface area contributed by atoms with Crippen LogP contribution in [0, 0.1) is 0 Å². The summed E-state index contributed by atoms with van der Waals surface area (Å²) in [7, 11) is 1.51. The Bertz CT molecular complexity index is 1480. The summed E-state index contributed by atoms with van der Waals surface area (Å²) >= 11 is 0. The van der Waals surface area contributed by atoms with Crippen molar-refractivity contribution in [1.29, 1.82) is 0 Å². The average molecular weight is 560 g/mol. The molecule has 0 aromatic heterocycles. The molecule has 1 saturated heterocycles. The molecule has 0 spiro atoms. The number of benzene rings is 3. The van der Waals surface area contributed by atoms with Crippen molar-refractivity contribution in [2.75, 3.05) is 37.1 Å². The van der Waals surface area contributed by atoms with Gasteiger partial charge < -0.3 is 24.3 Å². The van der Waals surface area contributed by atoms with E-state index in [0.29, 0.717) is 41.7 Å². The van der Waals surface area contributed by atoms with E-state index < -0.39 is 23.8 Å². The van der Waals surface area contributed by atoms with E-state index in [2.05, 4.69) is 10.6 Å². The lowest BCUT2D eigenvalue weighted by atomic mass is 10.1. The smallest absolute Gasteiger partial charge is 0.335 e. The molecule has 0 bridgehead atoms. The van der Waals surface area contributed by atoms with Crippen LogP contribution in [0.5, 0.6) is 23.0 Å². The summed E-state index contributed by atoms with van der Waals surface area (Å²) in [6.07, 6.45) is 1.35. The van der Waals surface area contributed by atoms with Crippen LogP contribution in [0.2, 0.25) is 0 Å². The maximum atomic E-state index is 13.2. The maximum absolute atomic E-state index is 13.2. The van der Waals surface area contributed by atoms with Gasteiger partial charge in [0.2, 0.25) is 0 Å². The first kappa shape index (κ1) is 28.7. The SMILES string of the molecule is CCOc1ccc(N2C(=O)NC(=O)/C(=C\c3ccc(OCC(=O)Nc4ccccc4OC)c(OCC)c3)C2=O)cc1. The van der Waals surface area contributed by atoms with E-state index in [0.717, 1.165) is 4.90 Å². The highest BCUT2D eigenvalue weighted by atomic mass is 16.5. The summed E-state index contributed by atoms with van der Waals surface area (Å²) in [5.74, 6) is -0.340. The number of rotatable bonds is 11. The summed E-state index contributed by atoms with van der Waals surface area (Å²) < 4.78 is 22.0. The highest BCUT2D eigenvalue weighted by Gasteiger charge is 2.36. The Morgan fingerprint density at radius 2 is 1.61 bits per heavy atom. The molecule has 0 saturated carbocycles. The molecular weight excluding hydrogens is 530 g/mol. The van der Waals surface area contributed by atoms with Gasteiger partial charge in [-0.05, 0) is 74.0 Å². The van der Waals surface area contributed by atoms with E-state index in [1.54, 1.807) is 73.7 Å². The predicted molar refractivity (Wildman–Crippen MR) is 151 cm³/mol. The fourth-order valence-corrected chi connectivity index (χ4v) is 4.00. The maximum Gasteiger partial charge on any atom is 0.335 e. The molecule has 5 amide bonds. The molecule has 41 heavy (non-hydrogen) atoms. The number of ether oxygens (including phenoxy) is 4. The molecule has 4 rings (SSSR count). The number of urea groups is 1. The van der Waals surface area contributed by atoms with E-state index in [-0.39, 0.29) is 23.6 Å². The molecule has 3 aromatic carbocycles. The Labute approximate surface area is 236 Å². The zero-order valence-corrected chi connectivity index (χ0v) is 22.8. The summed E-state index contributed by atoms with van der Waals surface area (Å²) in [5.41, 5.74) is 0.979. The number of para-hydroxylation sites is 2.